The Bertz CT molecular complexity index is 400. The molecule has 0 aromatic heterocycles. The van der Waals surface area contributed by atoms with Crippen LogP contribution in [0.1, 0.15) is 26.7 Å². The number of hydrogen-bond donors (Lipinski definition) is 2. The van der Waals surface area contributed by atoms with Gasteiger partial charge in [0.15, 0.2) is 5.96 Å². The average molecular weight is 497 g/mol. The van der Waals surface area contributed by atoms with Crippen LogP contribution in [0.25, 0.3) is 0 Å². The molecule has 2 fully saturated rings. The second-order valence-corrected chi connectivity index (χ2v) is 7.38. The van der Waals surface area contributed by atoms with E-state index in [1.165, 1.54) is 25.9 Å². The Balaban J connectivity index is 0.00000364. The van der Waals surface area contributed by atoms with Gasteiger partial charge in [0.1, 0.15) is 0 Å². The van der Waals surface area contributed by atoms with Crippen LogP contribution >= 0.6 is 24.0 Å². The van der Waals surface area contributed by atoms with Gasteiger partial charge in [0.2, 0.25) is 0 Å². The van der Waals surface area contributed by atoms with E-state index in [9.17, 15) is 0 Å². The first-order valence-electron chi connectivity index (χ1n) is 10.3. The Hall–Kier alpha value is -0.160. The summed E-state index contributed by atoms with van der Waals surface area (Å²) in [6, 6.07) is 0.457. The van der Waals surface area contributed by atoms with Gasteiger partial charge in [-0.2, -0.15) is 0 Å². The van der Waals surface area contributed by atoms with Gasteiger partial charge in [0.05, 0.1) is 26.4 Å². The van der Waals surface area contributed by atoms with Gasteiger partial charge in [-0.1, -0.05) is 0 Å². The minimum atomic E-state index is 0. The summed E-state index contributed by atoms with van der Waals surface area (Å²) in [5.41, 5.74) is 0. The molecule has 0 bridgehead atoms. The van der Waals surface area contributed by atoms with Crippen molar-refractivity contribution in [3.63, 3.8) is 0 Å². The Labute approximate surface area is 182 Å². The van der Waals surface area contributed by atoms with Gasteiger partial charge in [-0.15, -0.1) is 24.0 Å². The third kappa shape index (κ3) is 9.74. The van der Waals surface area contributed by atoms with E-state index < -0.39 is 0 Å². The molecule has 0 aromatic rings. The van der Waals surface area contributed by atoms with Gasteiger partial charge in [-0.05, 0) is 45.7 Å². The van der Waals surface area contributed by atoms with E-state index in [1.807, 2.05) is 0 Å². The van der Waals surface area contributed by atoms with Crippen molar-refractivity contribution >= 4 is 29.9 Å². The van der Waals surface area contributed by atoms with Crippen molar-refractivity contribution in [2.45, 2.75) is 32.7 Å². The predicted molar refractivity (Wildman–Crippen MR) is 122 cm³/mol. The molecule has 27 heavy (non-hydrogen) atoms. The molecular weight excluding hydrogens is 457 g/mol. The highest BCUT2D eigenvalue weighted by Gasteiger charge is 2.19. The van der Waals surface area contributed by atoms with Gasteiger partial charge >= 0.3 is 0 Å². The quantitative estimate of drug-likeness (QED) is 0.284. The first kappa shape index (κ1) is 24.9. The topological polar surface area (TPSA) is 61.4 Å². The smallest absolute Gasteiger partial charge is 0.191 e. The summed E-state index contributed by atoms with van der Waals surface area (Å²) in [6.45, 7) is 15.1. The molecule has 7 nitrogen and oxygen atoms in total. The highest BCUT2D eigenvalue weighted by molar-refractivity contribution is 14.0. The highest BCUT2D eigenvalue weighted by atomic mass is 127. The molecule has 8 heteroatoms. The molecule has 0 radical (unpaired) electrons. The fourth-order valence-electron chi connectivity index (χ4n) is 3.57. The van der Waals surface area contributed by atoms with Crippen molar-refractivity contribution in [2.24, 2.45) is 10.9 Å². The molecule has 0 amide bonds. The maximum absolute atomic E-state index is 5.44. The van der Waals surface area contributed by atoms with Crippen LogP contribution in [0.4, 0.5) is 0 Å². The van der Waals surface area contributed by atoms with Crippen LogP contribution in [0.3, 0.4) is 0 Å². The highest BCUT2D eigenvalue weighted by Crippen LogP contribution is 2.16. The Morgan fingerprint density at radius 3 is 2.52 bits per heavy atom. The zero-order valence-corrected chi connectivity index (χ0v) is 19.7. The zero-order chi connectivity index (χ0) is 18.6. The standard InChI is InChI=1S/C19H39N5O2.HI/c1-4-20-19(21-15-17(2)24-10-13-26-14-11-24)22-16-18-5-7-23(8-6-18)9-12-25-3;/h17-18H,4-16H2,1-3H3,(H2,20,21,22);1H. The Morgan fingerprint density at radius 2 is 1.89 bits per heavy atom. The number of hydrogen-bond acceptors (Lipinski definition) is 5. The normalized spacial score (nSPS) is 21.5. The van der Waals surface area contributed by atoms with Gasteiger partial charge in [-0.25, -0.2) is 0 Å². The molecular formula is C19H40IN5O2. The molecule has 0 spiro atoms. The lowest BCUT2D eigenvalue weighted by Crippen LogP contribution is -2.45. The van der Waals surface area contributed by atoms with Crippen LogP contribution in [-0.4, -0.2) is 101 Å². The van der Waals surface area contributed by atoms with Crippen molar-refractivity contribution in [1.29, 1.82) is 0 Å². The minimum Gasteiger partial charge on any atom is -0.383 e. The zero-order valence-electron chi connectivity index (χ0n) is 17.4. The number of piperidine rings is 1. The monoisotopic (exact) mass is 497 g/mol. The second kappa shape index (κ2) is 14.8. The van der Waals surface area contributed by atoms with Crippen molar-refractivity contribution < 1.29 is 9.47 Å². The summed E-state index contributed by atoms with van der Waals surface area (Å²) in [4.78, 5) is 9.78. The molecule has 0 aromatic carbocycles. The largest absolute Gasteiger partial charge is 0.383 e. The summed E-state index contributed by atoms with van der Waals surface area (Å²) >= 11 is 0. The van der Waals surface area contributed by atoms with Gasteiger partial charge in [0, 0.05) is 45.9 Å². The van der Waals surface area contributed by atoms with Gasteiger partial charge in [-0.3, -0.25) is 9.89 Å². The first-order valence-corrected chi connectivity index (χ1v) is 10.3. The van der Waals surface area contributed by atoms with Crippen molar-refractivity contribution in [3.8, 4) is 0 Å². The second-order valence-electron chi connectivity index (χ2n) is 7.38. The van der Waals surface area contributed by atoms with Crippen molar-refractivity contribution in [3.05, 3.63) is 0 Å². The fourth-order valence-corrected chi connectivity index (χ4v) is 3.57. The maximum Gasteiger partial charge on any atom is 0.191 e. The van der Waals surface area contributed by atoms with Crippen LogP contribution in [0.2, 0.25) is 0 Å². The van der Waals surface area contributed by atoms with Crippen molar-refractivity contribution in [1.82, 2.24) is 20.4 Å². The lowest BCUT2D eigenvalue weighted by atomic mass is 9.97. The minimum absolute atomic E-state index is 0. The SMILES string of the molecule is CCNC(=NCC(C)N1CCOCC1)NCC1CCN(CCOC)CC1.I. The fraction of sp³-hybridized carbons (Fsp3) is 0.947. The number of nitrogens with zero attached hydrogens (tertiary/aromatic N) is 3. The van der Waals surface area contributed by atoms with Gasteiger partial charge < -0.3 is 25.0 Å². The third-order valence-corrected chi connectivity index (χ3v) is 5.40. The Morgan fingerprint density at radius 1 is 1.19 bits per heavy atom. The van der Waals surface area contributed by atoms with Crippen LogP contribution in [-0.2, 0) is 9.47 Å². The van der Waals surface area contributed by atoms with E-state index in [-0.39, 0.29) is 24.0 Å². The summed E-state index contributed by atoms with van der Waals surface area (Å²) in [6.07, 6.45) is 2.50. The number of rotatable bonds is 9. The molecule has 2 saturated heterocycles. The lowest BCUT2D eigenvalue weighted by Gasteiger charge is -2.32. The number of morpholine rings is 1. The van der Waals surface area contributed by atoms with E-state index in [4.69, 9.17) is 14.5 Å². The maximum atomic E-state index is 5.44. The number of aliphatic imine (C=N–C) groups is 1. The average Bonchev–Trinajstić information content (AvgIpc) is 2.69. The van der Waals surface area contributed by atoms with Gasteiger partial charge in [0.25, 0.3) is 0 Å². The summed E-state index contributed by atoms with van der Waals surface area (Å²) in [7, 11) is 1.78. The van der Waals surface area contributed by atoms with Crippen LogP contribution in [0.15, 0.2) is 4.99 Å². The first-order chi connectivity index (χ1) is 12.7. The molecule has 0 aliphatic carbocycles. The van der Waals surface area contributed by atoms with E-state index in [0.29, 0.717) is 6.04 Å². The summed E-state index contributed by atoms with van der Waals surface area (Å²) < 4.78 is 10.6. The molecule has 0 saturated carbocycles. The molecule has 1 atom stereocenters. The lowest BCUT2D eigenvalue weighted by molar-refractivity contribution is 0.0220. The van der Waals surface area contributed by atoms with Crippen LogP contribution in [0, 0.1) is 5.92 Å². The number of halogens is 1. The van der Waals surface area contributed by atoms with Crippen LogP contribution in [0.5, 0.6) is 0 Å². The summed E-state index contributed by atoms with van der Waals surface area (Å²) in [5.74, 6) is 1.68. The number of likely N-dealkylation sites (tertiary alicyclic amines) is 1. The molecule has 2 N–H and O–H groups in total. The van der Waals surface area contributed by atoms with E-state index in [2.05, 4.69) is 34.3 Å². The van der Waals surface area contributed by atoms with E-state index in [0.717, 1.165) is 71.0 Å². The Kier molecular flexibility index (Phi) is 13.6. The van der Waals surface area contributed by atoms with Crippen LogP contribution < -0.4 is 10.6 Å². The number of ether oxygens (including phenoxy) is 2. The molecule has 2 heterocycles. The third-order valence-electron chi connectivity index (χ3n) is 5.40. The predicted octanol–water partition coefficient (Wildman–Crippen LogP) is 1.24. The number of nitrogens with one attached hydrogen (secondary N) is 2. The molecule has 2 rings (SSSR count). The van der Waals surface area contributed by atoms with E-state index >= 15 is 0 Å². The van der Waals surface area contributed by atoms with E-state index in [1.54, 1.807) is 7.11 Å². The number of methoxy groups -OCH3 is 1. The number of guanidine groups is 1. The molecule has 2 aliphatic rings. The van der Waals surface area contributed by atoms with Crippen molar-refractivity contribution in [2.75, 3.05) is 79.3 Å². The molecule has 1 unspecified atom stereocenters. The molecule has 160 valence electrons. The summed E-state index contributed by atoms with van der Waals surface area (Å²) in [5, 5.41) is 6.95. The molecule has 2 aliphatic heterocycles.